The number of aryl methyl sites for hydroxylation is 1. The Hall–Kier alpha value is -3.75. The van der Waals surface area contributed by atoms with Crippen LogP contribution in [0, 0.1) is 6.92 Å². The third-order valence-electron chi connectivity index (χ3n) is 6.80. The number of hydrogen-bond acceptors (Lipinski definition) is 7. The molecule has 1 unspecified atom stereocenters. The maximum absolute atomic E-state index is 12.6. The zero-order chi connectivity index (χ0) is 24.2. The van der Waals surface area contributed by atoms with Crippen molar-refractivity contribution in [2.24, 2.45) is 5.73 Å². The fourth-order valence-corrected chi connectivity index (χ4v) is 4.86. The van der Waals surface area contributed by atoms with Crippen LogP contribution < -0.4 is 11.1 Å². The lowest BCUT2D eigenvalue weighted by molar-refractivity contribution is 0.110. The summed E-state index contributed by atoms with van der Waals surface area (Å²) in [4.78, 5) is 13.1. The normalized spacial score (nSPS) is 18.2. The topological polar surface area (TPSA) is 126 Å². The quantitative estimate of drug-likeness (QED) is 0.336. The summed E-state index contributed by atoms with van der Waals surface area (Å²) in [6.07, 6.45) is 9.76. The third-order valence-corrected chi connectivity index (χ3v) is 6.80. The molecule has 5 N–H and O–H groups in total. The van der Waals surface area contributed by atoms with Gasteiger partial charge < -0.3 is 25.7 Å². The van der Waals surface area contributed by atoms with Crippen LogP contribution in [0.5, 0.6) is 0 Å². The number of dihydropyridines is 1. The van der Waals surface area contributed by atoms with Gasteiger partial charge in [0, 0.05) is 35.8 Å². The van der Waals surface area contributed by atoms with Gasteiger partial charge in [0.2, 0.25) is 0 Å². The first-order chi connectivity index (χ1) is 17.0. The number of nitrogens with zero attached hydrogens (tertiary/aromatic N) is 3. The predicted molar refractivity (Wildman–Crippen MR) is 133 cm³/mol. The second kappa shape index (κ2) is 8.18. The fourth-order valence-electron chi connectivity index (χ4n) is 4.86. The first-order valence-electron chi connectivity index (χ1n) is 12.0. The zero-order valence-electron chi connectivity index (χ0n) is 19.7. The highest BCUT2D eigenvalue weighted by Crippen LogP contribution is 2.44. The first kappa shape index (κ1) is 21.8. The van der Waals surface area contributed by atoms with Gasteiger partial charge in [-0.15, -0.1) is 0 Å². The van der Waals surface area contributed by atoms with Crippen LogP contribution in [0.3, 0.4) is 0 Å². The van der Waals surface area contributed by atoms with Gasteiger partial charge in [-0.3, -0.25) is 4.98 Å². The van der Waals surface area contributed by atoms with E-state index in [0.717, 1.165) is 40.8 Å². The molecule has 0 radical (unpaired) electrons. The highest BCUT2D eigenvalue weighted by atomic mass is 16.5. The molecule has 1 aromatic carbocycles. The van der Waals surface area contributed by atoms with Crippen LogP contribution in [0.25, 0.3) is 22.2 Å². The summed E-state index contributed by atoms with van der Waals surface area (Å²) in [6, 6.07) is 9.27. The van der Waals surface area contributed by atoms with E-state index in [1.165, 1.54) is 0 Å². The van der Waals surface area contributed by atoms with Gasteiger partial charge in [0.15, 0.2) is 5.60 Å². The average molecular weight is 469 g/mol. The summed E-state index contributed by atoms with van der Waals surface area (Å²) in [5, 5.41) is 20.1. The number of nitrogens with one attached hydrogen (secondary N) is 2. The maximum atomic E-state index is 12.6. The molecule has 0 spiro atoms. The molecular formula is C27H28N6O2. The van der Waals surface area contributed by atoms with Crippen molar-refractivity contribution in [3.05, 3.63) is 89.0 Å². The number of hydrogen-bond donors (Lipinski definition) is 4. The van der Waals surface area contributed by atoms with Crippen molar-refractivity contribution in [2.45, 2.75) is 44.2 Å². The molecular weight excluding hydrogens is 440 g/mol. The first-order valence-corrected chi connectivity index (χ1v) is 12.0. The van der Waals surface area contributed by atoms with E-state index in [2.05, 4.69) is 20.4 Å². The monoisotopic (exact) mass is 468 g/mol. The molecule has 2 atom stereocenters. The van der Waals surface area contributed by atoms with Crippen molar-refractivity contribution in [3.8, 4) is 11.1 Å². The van der Waals surface area contributed by atoms with Gasteiger partial charge >= 0.3 is 0 Å². The second-order valence-corrected chi connectivity index (χ2v) is 9.42. The van der Waals surface area contributed by atoms with E-state index >= 15 is 0 Å². The Morgan fingerprint density at radius 1 is 1.26 bits per heavy atom. The summed E-state index contributed by atoms with van der Waals surface area (Å²) in [5.74, 6) is 2.04. The molecule has 1 aliphatic heterocycles. The number of rotatable bonds is 6. The Kier molecular flexibility index (Phi) is 5.09. The summed E-state index contributed by atoms with van der Waals surface area (Å²) >= 11 is 0. The molecule has 0 amide bonds. The van der Waals surface area contributed by atoms with E-state index in [9.17, 15) is 5.11 Å². The van der Waals surface area contributed by atoms with Crippen molar-refractivity contribution < 1.29 is 9.63 Å². The summed E-state index contributed by atoms with van der Waals surface area (Å²) in [7, 11) is 0. The van der Waals surface area contributed by atoms with E-state index < -0.39 is 5.60 Å². The minimum atomic E-state index is -1.56. The van der Waals surface area contributed by atoms with E-state index in [0.29, 0.717) is 40.9 Å². The number of fused-ring (bicyclic) bond motifs is 1. The highest BCUT2D eigenvalue weighted by Gasteiger charge is 2.41. The van der Waals surface area contributed by atoms with Gasteiger partial charge in [-0.1, -0.05) is 23.4 Å². The SMILES string of the molecule is Cc1onc([C@H](C)N)c1-c1cc(C(O)(C2=CC=CCN2)c2ccccn2)c2nc(C3CC3)[nH]c2c1. The number of aliphatic hydroxyl groups is 1. The number of aromatic amines is 1. The van der Waals surface area contributed by atoms with Gasteiger partial charge in [-0.05, 0) is 62.6 Å². The van der Waals surface area contributed by atoms with E-state index in [1.54, 1.807) is 6.20 Å². The van der Waals surface area contributed by atoms with Crippen molar-refractivity contribution >= 4 is 11.0 Å². The maximum Gasteiger partial charge on any atom is 0.173 e. The van der Waals surface area contributed by atoms with Crippen LogP contribution >= 0.6 is 0 Å². The fraction of sp³-hybridized carbons (Fsp3) is 0.296. The molecule has 0 saturated heterocycles. The Balaban J connectivity index is 1.67. The lowest BCUT2D eigenvalue weighted by atomic mass is 9.83. The number of pyridine rings is 1. The van der Waals surface area contributed by atoms with Crippen LogP contribution in [-0.4, -0.2) is 31.8 Å². The van der Waals surface area contributed by atoms with Crippen molar-refractivity contribution in [1.29, 1.82) is 0 Å². The summed E-state index contributed by atoms with van der Waals surface area (Å²) in [5.41, 5.74) is 10.4. The van der Waals surface area contributed by atoms with Crippen LogP contribution in [0.1, 0.15) is 60.3 Å². The molecule has 6 rings (SSSR count). The van der Waals surface area contributed by atoms with Crippen LogP contribution in [0.2, 0.25) is 0 Å². The smallest absolute Gasteiger partial charge is 0.173 e. The Labute approximate surface area is 203 Å². The van der Waals surface area contributed by atoms with Gasteiger partial charge in [0.1, 0.15) is 17.3 Å². The van der Waals surface area contributed by atoms with E-state index in [-0.39, 0.29) is 6.04 Å². The third kappa shape index (κ3) is 3.57. The molecule has 3 aromatic heterocycles. The molecule has 35 heavy (non-hydrogen) atoms. The lowest BCUT2D eigenvalue weighted by Crippen LogP contribution is -2.39. The molecule has 4 heterocycles. The summed E-state index contributed by atoms with van der Waals surface area (Å²) < 4.78 is 5.54. The largest absolute Gasteiger partial charge is 0.382 e. The Morgan fingerprint density at radius 3 is 2.80 bits per heavy atom. The molecule has 2 aliphatic rings. The van der Waals surface area contributed by atoms with Crippen LogP contribution in [0.15, 0.2) is 65.0 Å². The highest BCUT2D eigenvalue weighted by molar-refractivity contribution is 5.88. The predicted octanol–water partition coefficient (Wildman–Crippen LogP) is 4.10. The number of allylic oxidation sites excluding steroid dienone is 2. The van der Waals surface area contributed by atoms with Gasteiger partial charge in [-0.2, -0.15) is 0 Å². The Bertz CT molecular complexity index is 1460. The minimum Gasteiger partial charge on any atom is -0.382 e. The number of nitrogens with two attached hydrogens (primary N) is 1. The van der Waals surface area contributed by atoms with E-state index in [4.69, 9.17) is 15.2 Å². The van der Waals surface area contributed by atoms with Gasteiger partial charge in [0.05, 0.1) is 22.4 Å². The second-order valence-electron chi connectivity index (χ2n) is 9.42. The molecule has 4 aromatic rings. The molecule has 1 aliphatic carbocycles. The average Bonchev–Trinajstić information content (AvgIpc) is 3.53. The number of H-pyrrole nitrogens is 1. The molecule has 0 bridgehead atoms. The zero-order valence-corrected chi connectivity index (χ0v) is 19.7. The van der Waals surface area contributed by atoms with Crippen LogP contribution in [-0.2, 0) is 5.60 Å². The lowest BCUT2D eigenvalue weighted by Gasteiger charge is -2.33. The molecule has 8 nitrogen and oxygen atoms in total. The van der Waals surface area contributed by atoms with Crippen LogP contribution in [0.4, 0.5) is 0 Å². The molecule has 8 heteroatoms. The summed E-state index contributed by atoms with van der Waals surface area (Å²) in [6.45, 7) is 4.37. The molecule has 1 fully saturated rings. The number of benzene rings is 1. The van der Waals surface area contributed by atoms with Crippen molar-refractivity contribution in [2.75, 3.05) is 6.54 Å². The van der Waals surface area contributed by atoms with Gasteiger partial charge in [0.25, 0.3) is 0 Å². The minimum absolute atomic E-state index is 0.312. The number of aromatic nitrogens is 4. The molecule has 1 saturated carbocycles. The Morgan fingerprint density at radius 2 is 2.11 bits per heavy atom. The van der Waals surface area contributed by atoms with Crippen molar-refractivity contribution in [1.82, 2.24) is 25.4 Å². The number of imidazole rings is 1. The van der Waals surface area contributed by atoms with Gasteiger partial charge in [-0.25, -0.2) is 4.98 Å². The standard InChI is InChI=1S/C27H28N6O2/c1-15(28)24-23(16(2)35-33-24)18-13-19(25-20(14-18)31-26(32-25)17-9-10-17)27(34,21-7-3-5-11-29-21)22-8-4-6-12-30-22/h3-8,11,13-15,17,30,34H,9-10,12,28H2,1-2H3,(H,31,32)/t15-,27?/m0/s1. The van der Waals surface area contributed by atoms with E-state index in [1.807, 2.05) is 62.4 Å². The molecule has 178 valence electrons. The van der Waals surface area contributed by atoms with Crippen molar-refractivity contribution in [3.63, 3.8) is 0 Å².